The van der Waals surface area contributed by atoms with Crippen molar-refractivity contribution in [3.63, 3.8) is 0 Å². The number of ether oxygens (including phenoxy) is 1. The largest absolute Gasteiger partial charge is 0.494 e. The smallest absolute Gasteiger partial charge is 0.182 e. The number of benzene rings is 1. The molecule has 0 fully saturated rings. The van der Waals surface area contributed by atoms with Crippen LogP contribution in [-0.2, 0) is 0 Å². The molecule has 0 bridgehead atoms. The molecule has 0 spiro atoms. The van der Waals surface area contributed by atoms with Crippen LogP contribution < -0.4 is 16.2 Å². The third-order valence-electron chi connectivity index (χ3n) is 2.27. The van der Waals surface area contributed by atoms with Gasteiger partial charge in [0, 0.05) is 5.56 Å². The van der Waals surface area contributed by atoms with Gasteiger partial charge in [0.1, 0.15) is 16.4 Å². The van der Waals surface area contributed by atoms with E-state index in [2.05, 4.69) is 11.9 Å². The van der Waals surface area contributed by atoms with E-state index in [0.717, 1.165) is 30.0 Å². The molecule has 17 heavy (non-hydrogen) atoms. The fraction of sp³-hybridized carbons (Fsp3) is 0.250. The third-order valence-corrected chi connectivity index (χ3v) is 2.98. The Bertz CT molecular complexity index is 493. The van der Waals surface area contributed by atoms with Crippen LogP contribution in [0.3, 0.4) is 0 Å². The van der Waals surface area contributed by atoms with E-state index >= 15 is 0 Å². The van der Waals surface area contributed by atoms with Crippen molar-refractivity contribution < 1.29 is 4.74 Å². The van der Waals surface area contributed by atoms with Crippen LogP contribution in [0.1, 0.15) is 13.3 Å². The summed E-state index contributed by atoms with van der Waals surface area (Å²) in [5, 5.41) is 1.13. The van der Waals surface area contributed by atoms with Crippen LogP contribution in [-0.4, -0.2) is 11.6 Å². The first-order valence-corrected chi connectivity index (χ1v) is 6.27. The van der Waals surface area contributed by atoms with Crippen molar-refractivity contribution >= 4 is 21.5 Å². The Kier molecular flexibility index (Phi) is 3.49. The van der Waals surface area contributed by atoms with Gasteiger partial charge in [-0.3, -0.25) is 0 Å². The van der Waals surface area contributed by atoms with E-state index in [1.807, 2.05) is 24.3 Å². The van der Waals surface area contributed by atoms with Crippen LogP contribution in [0.5, 0.6) is 5.75 Å². The molecule has 0 radical (unpaired) electrons. The average molecular weight is 249 g/mol. The highest BCUT2D eigenvalue weighted by Gasteiger charge is 2.08. The zero-order valence-corrected chi connectivity index (χ0v) is 10.5. The lowest BCUT2D eigenvalue weighted by molar-refractivity contribution is 0.317. The number of aromatic nitrogens is 1. The van der Waals surface area contributed by atoms with Gasteiger partial charge in [-0.1, -0.05) is 18.3 Å². The molecule has 1 heterocycles. The minimum Gasteiger partial charge on any atom is -0.494 e. The Morgan fingerprint density at radius 2 is 1.94 bits per heavy atom. The van der Waals surface area contributed by atoms with E-state index in [4.69, 9.17) is 16.2 Å². The number of anilines is 2. The molecule has 0 unspecified atom stereocenters. The molecule has 0 saturated heterocycles. The first-order valence-electron chi connectivity index (χ1n) is 5.45. The molecule has 2 aromatic rings. The maximum Gasteiger partial charge on any atom is 0.182 e. The molecule has 1 aromatic carbocycles. The number of rotatable bonds is 4. The van der Waals surface area contributed by atoms with Gasteiger partial charge in [0.2, 0.25) is 0 Å². The number of nitrogen functional groups attached to an aromatic ring is 2. The number of thiazole rings is 1. The maximum absolute atomic E-state index is 5.84. The van der Waals surface area contributed by atoms with Crippen molar-refractivity contribution in [2.75, 3.05) is 18.1 Å². The minimum absolute atomic E-state index is 0.490. The molecule has 2 rings (SSSR count). The molecule has 0 aliphatic carbocycles. The SMILES string of the molecule is CCCOc1ccc(-c2nc(N)sc2N)cc1. The molecule has 90 valence electrons. The lowest BCUT2D eigenvalue weighted by atomic mass is 10.1. The van der Waals surface area contributed by atoms with E-state index in [9.17, 15) is 0 Å². The van der Waals surface area contributed by atoms with Crippen molar-refractivity contribution in [3.8, 4) is 17.0 Å². The fourth-order valence-electron chi connectivity index (χ4n) is 1.48. The van der Waals surface area contributed by atoms with E-state index in [-0.39, 0.29) is 0 Å². The molecule has 0 amide bonds. The molecule has 5 heteroatoms. The third kappa shape index (κ3) is 2.68. The quantitative estimate of drug-likeness (QED) is 0.873. The molecule has 0 atom stereocenters. The molecular formula is C12H15N3OS. The zero-order chi connectivity index (χ0) is 12.3. The van der Waals surface area contributed by atoms with E-state index < -0.39 is 0 Å². The highest BCUT2D eigenvalue weighted by Crippen LogP contribution is 2.32. The van der Waals surface area contributed by atoms with Gasteiger partial charge in [0.15, 0.2) is 5.13 Å². The molecule has 1 aromatic heterocycles. The monoisotopic (exact) mass is 249 g/mol. The van der Waals surface area contributed by atoms with E-state index in [1.54, 1.807) is 0 Å². The van der Waals surface area contributed by atoms with Crippen molar-refractivity contribution in [3.05, 3.63) is 24.3 Å². The first-order chi connectivity index (χ1) is 8.20. The van der Waals surface area contributed by atoms with Crippen LogP contribution in [0.25, 0.3) is 11.3 Å². The second-order valence-electron chi connectivity index (χ2n) is 3.64. The average Bonchev–Trinajstić information content (AvgIpc) is 2.66. The summed E-state index contributed by atoms with van der Waals surface area (Å²) in [7, 11) is 0. The summed E-state index contributed by atoms with van der Waals surface area (Å²) in [6.45, 7) is 2.80. The van der Waals surface area contributed by atoms with Crippen molar-refractivity contribution in [2.24, 2.45) is 0 Å². The van der Waals surface area contributed by atoms with Crippen LogP contribution >= 0.6 is 11.3 Å². The van der Waals surface area contributed by atoms with Gasteiger partial charge in [-0.05, 0) is 30.7 Å². The number of hydrogen-bond acceptors (Lipinski definition) is 5. The summed E-state index contributed by atoms with van der Waals surface area (Å²) < 4.78 is 5.51. The highest BCUT2D eigenvalue weighted by molar-refractivity contribution is 7.19. The first kappa shape index (κ1) is 11.7. The van der Waals surface area contributed by atoms with Crippen LogP contribution in [0.15, 0.2) is 24.3 Å². The summed E-state index contributed by atoms with van der Waals surface area (Å²) in [6.07, 6.45) is 0.997. The topological polar surface area (TPSA) is 74.2 Å². The lowest BCUT2D eigenvalue weighted by Crippen LogP contribution is -1.94. The summed E-state index contributed by atoms with van der Waals surface area (Å²) in [5.41, 5.74) is 13.2. The number of nitrogens with zero attached hydrogens (tertiary/aromatic N) is 1. The molecule has 0 aliphatic rings. The Labute approximate surface area is 104 Å². The van der Waals surface area contributed by atoms with Crippen LogP contribution in [0, 0.1) is 0 Å². The Balaban J connectivity index is 2.20. The normalized spacial score (nSPS) is 10.4. The van der Waals surface area contributed by atoms with Gasteiger partial charge in [0.05, 0.1) is 6.61 Å². The molecule has 4 nitrogen and oxygen atoms in total. The van der Waals surface area contributed by atoms with E-state index in [1.165, 1.54) is 11.3 Å². The van der Waals surface area contributed by atoms with Gasteiger partial charge in [-0.15, -0.1) is 0 Å². The second-order valence-corrected chi connectivity index (χ2v) is 4.70. The number of hydrogen-bond donors (Lipinski definition) is 2. The Morgan fingerprint density at radius 3 is 2.47 bits per heavy atom. The van der Waals surface area contributed by atoms with Crippen molar-refractivity contribution in [1.29, 1.82) is 0 Å². The van der Waals surface area contributed by atoms with Gasteiger partial charge in [-0.25, -0.2) is 4.98 Å². The van der Waals surface area contributed by atoms with Gasteiger partial charge in [-0.2, -0.15) is 0 Å². The second kappa shape index (κ2) is 5.05. The van der Waals surface area contributed by atoms with Crippen molar-refractivity contribution in [2.45, 2.75) is 13.3 Å². The Hall–Kier alpha value is -1.75. The van der Waals surface area contributed by atoms with E-state index in [0.29, 0.717) is 10.1 Å². The molecule has 4 N–H and O–H groups in total. The summed E-state index contributed by atoms with van der Waals surface area (Å²) >= 11 is 1.30. The molecular weight excluding hydrogens is 234 g/mol. The van der Waals surface area contributed by atoms with Gasteiger partial charge < -0.3 is 16.2 Å². The van der Waals surface area contributed by atoms with Crippen LogP contribution in [0.4, 0.5) is 10.1 Å². The fourth-order valence-corrected chi connectivity index (χ4v) is 2.11. The molecule has 0 saturated carbocycles. The highest BCUT2D eigenvalue weighted by atomic mass is 32.1. The Morgan fingerprint density at radius 1 is 1.24 bits per heavy atom. The lowest BCUT2D eigenvalue weighted by Gasteiger charge is -2.05. The summed E-state index contributed by atoms with van der Waals surface area (Å²) in [5.74, 6) is 0.859. The summed E-state index contributed by atoms with van der Waals surface area (Å²) in [6, 6.07) is 7.71. The molecule has 0 aliphatic heterocycles. The zero-order valence-electron chi connectivity index (χ0n) is 9.64. The van der Waals surface area contributed by atoms with Crippen molar-refractivity contribution in [1.82, 2.24) is 4.98 Å². The number of nitrogens with two attached hydrogens (primary N) is 2. The predicted molar refractivity (Wildman–Crippen MR) is 72.2 cm³/mol. The summed E-state index contributed by atoms with van der Waals surface area (Å²) in [4.78, 5) is 4.20. The predicted octanol–water partition coefficient (Wildman–Crippen LogP) is 2.76. The van der Waals surface area contributed by atoms with Gasteiger partial charge in [0.25, 0.3) is 0 Å². The standard InChI is InChI=1S/C12H15N3OS/c1-2-7-16-9-5-3-8(4-6-9)10-11(13)17-12(14)15-10/h3-6H,2,7,13H2,1H3,(H2,14,15). The van der Waals surface area contributed by atoms with Crippen LogP contribution in [0.2, 0.25) is 0 Å². The van der Waals surface area contributed by atoms with Gasteiger partial charge >= 0.3 is 0 Å². The maximum atomic E-state index is 5.84. The minimum atomic E-state index is 0.490.